The molecule has 0 bridgehead atoms. The first-order valence-electron chi connectivity index (χ1n) is 6.99. The fourth-order valence-electron chi connectivity index (χ4n) is 1.45. The molecule has 0 aliphatic heterocycles. The molecule has 0 aliphatic carbocycles. The maximum Gasteiger partial charge on any atom is 0.220 e. The van der Waals surface area contributed by atoms with Gasteiger partial charge < -0.3 is 5.32 Å². The molecule has 0 aromatic heterocycles. The van der Waals surface area contributed by atoms with Crippen LogP contribution in [-0.2, 0) is 14.6 Å². The van der Waals surface area contributed by atoms with E-state index in [2.05, 4.69) is 5.32 Å². The third-order valence-electron chi connectivity index (χ3n) is 2.76. The molecule has 0 saturated carbocycles. The number of carbonyl (C=O) groups is 1. The second kappa shape index (κ2) is 7.25. The van der Waals surface area contributed by atoms with E-state index in [1.54, 1.807) is 32.9 Å². The molecule has 0 rings (SSSR count). The van der Waals surface area contributed by atoms with Crippen LogP contribution in [0.25, 0.3) is 0 Å². The summed E-state index contributed by atoms with van der Waals surface area (Å²) < 4.78 is 23.0. The summed E-state index contributed by atoms with van der Waals surface area (Å²) >= 11 is 0. The topological polar surface area (TPSA) is 63.2 Å². The molecule has 4 nitrogen and oxygen atoms in total. The summed E-state index contributed by atoms with van der Waals surface area (Å²) in [5.41, 5.74) is -0.0193. The fourth-order valence-corrected chi connectivity index (χ4v) is 2.51. The lowest BCUT2D eigenvalue weighted by Gasteiger charge is -2.18. The van der Waals surface area contributed by atoms with Crippen LogP contribution in [0.4, 0.5) is 0 Å². The number of nitrogens with one attached hydrogen (secondary N) is 1. The zero-order valence-corrected chi connectivity index (χ0v) is 14.4. The molecule has 0 aromatic rings. The molecule has 0 aliphatic rings. The molecule has 20 heavy (non-hydrogen) atoms. The summed E-state index contributed by atoms with van der Waals surface area (Å²) in [6.07, 6.45) is 4.58. The van der Waals surface area contributed by atoms with Crippen molar-refractivity contribution in [3.05, 3.63) is 12.2 Å². The average molecular weight is 303 g/mol. The minimum absolute atomic E-state index is 0.0180. The summed E-state index contributed by atoms with van der Waals surface area (Å²) in [4.78, 5) is 11.5. The van der Waals surface area contributed by atoms with Crippen LogP contribution >= 0.6 is 0 Å². The molecule has 1 N–H and O–H groups in total. The highest BCUT2D eigenvalue weighted by molar-refractivity contribution is 7.92. The summed E-state index contributed by atoms with van der Waals surface area (Å²) in [6, 6.07) is 0. The Morgan fingerprint density at radius 3 is 2.05 bits per heavy atom. The van der Waals surface area contributed by atoms with Crippen molar-refractivity contribution in [1.29, 1.82) is 0 Å². The molecule has 0 spiro atoms. The molecule has 0 fully saturated rings. The molecule has 5 heteroatoms. The third kappa shape index (κ3) is 8.35. The first kappa shape index (κ1) is 19.2. The lowest BCUT2D eigenvalue weighted by molar-refractivity contribution is -0.122. The first-order valence-corrected chi connectivity index (χ1v) is 8.64. The molecule has 0 atom stereocenters. The van der Waals surface area contributed by atoms with Crippen LogP contribution in [0.5, 0.6) is 0 Å². The Morgan fingerprint density at radius 2 is 1.60 bits per heavy atom. The zero-order chi connectivity index (χ0) is 16.0. The standard InChI is InChI=1S/C15H29NO3S/c1-14(2,3)12-13(17)16-10-8-7-9-11-20(18,19)15(4,5)6/h7-8H,9-12H2,1-6H3,(H,16,17). The van der Waals surface area contributed by atoms with Gasteiger partial charge in [0.1, 0.15) is 0 Å². The Kier molecular flexibility index (Phi) is 6.94. The van der Waals surface area contributed by atoms with Crippen molar-refractivity contribution >= 4 is 15.7 Å². The van der Waals surface area contributed by atoms with Gasteiger partial charge in [0, 0.05) is 13.0 Å². The third-order valence-corrected chi connectivity index (χ3v) is 5.40. The lowest BCUT2D eigenvalue weighted by atomic mass is 9.92. The van der Waals surface area contributed by atoms with Gasteiger partial charge in [0.25, 0.3) is 0 Å². The Hall–Kier alpha value is -0.840. The molecular formula is C15H29NO3S. The summed E-state index contributed by atoms with van der Waals surface area (Å²) in [5.74, 6) is 0.160. The van der Waals surface area contributed by atoms with Crippen LogP contribution in [-0.4, -0.2) is 31.4 Å². The number of rotatable bonds is 6. The number of hydrogen-bond acceptors (Lipinski definition) is 3. The molecule has 0 radical (unpaired) electrons. The zero-order valence-electron chi connectivity index (χ0n) is 13.6. The predicted molar refractivity (Wildman–Crippen MR) is 84.4 cm³/mol. The Bertz CT molecular complexity index is 437. The van der Waals surface area contributed by atoms with E-state index in [1.807, 2.05) is 20.8 Å². The molecule has 0 saturated heterocycles. The van der Waals surface area contributed by atoms with Gasteiger partial charge in [-0.3, -0.25) is 4.79 Å². The molecule has 1 amide bonds. The van der Waals surface area contributed by atoms with E-state index >= 15 is 0 Å². The molecule has 0 unspecified atom stereocenters. The van der Waals surface area contributed by atoms with E-state index in [1.165, 1.54) is 0 Å². The van der Waals surface area contributed by atoms with Gasteiger partial charge in [-0.25, -0.2) is 8.42 Å². The SMILES string of the molecule is CC(C)(C)CC(=O)NCC=CCCS(=O)(=O)C(C)(C)C. The predicted octanol–water partition coefficient (Wildman–Crippen LogP) is 2.70. The average Bonchev–Trinajstić information content (AvgIpc) is 2.18. The van der Waals surface area contributed by atoms with Crippen molar-refractivity contribution in [2.45, 2.75) is 59.1 Å². The van der Waals surface area contributed by atoms with E-state index in [0.717, 1.165) is 0 Å². The van der Waals surface area contributed by atoms with E-state index in [9.17, 15) is 13.2 Å². The van der Waals surface area contributed by atoms with Gasteiger partial charge in [-0.05, 0) is 32.6 Å². The number of carbonyl (C=O) groups excluding carboxylic acids is 1. The van der Waals surface area contributed by atoms with Crippen molar-refractivity contribution in [2.75, 3.05) is 12.3 Å². The highest BCUT2D eigenvalue weighted by Crippen LogP contribution is 2.18. The normalized spacial score (nSPS) is 13.7. The van der Waals surface area contributed by atoms with Gasteiger partial charge >= 0.3 is 0 Å². The Labute approximate surface area is 123 Å². The van der Waals surface area contributed by atoms with Gasteiger partial charge in [0.15, 0.2) is 9.84 Å². The molecule has 0 aromatic carbocycles. The molecule has 118 valence electrons. The van der Waals surface area contributed by atoms with Crippen LogP contribution in [0.15, 0.2) is 12.2 Å². The van der Waals surface area contributed by atoms with Gasteiger partial charge in [-0.15, -0.1) is 0 Å². The van der Waals surface area contributed by atoms with Crippen LogP contribution in [0.3, 0.4) is 0 Å². The smallest absolute Gasteiger partial charge is 0.220 e. The summed E-state index contributed by atoms with van der Waals surface area (Å²) in [5, 5.41) is 2.79. The van der Waals surface area contributed by atoms with Gasteiger partial charge in [-0.2, -0.15) is 0 Å². The number of hydrogen-bond donors (Lipinski definition) is 1. The quantitative estimate of drug-likeness (QED) is 0.767. The van der Waals surface area contributed by atoms with Crippen LogP contribution in [0.1, 0.15) is 54.4 Å². The van der Waals surface area contributed by atoms with Crippen LogP contribution < -0.4 is 5.32 Å². The Balaban J connectivity index is 3.99. The number of amides is 1. The Morgan fingerprint density at radius 1 is 1.05 bits per heavy atom. The molecular weight excluding hydrogens is 274 g/mol. The van der Waals surface area contributed by atoms with Crippen molar-refractivity contribution in [3.8, 4) is 0 Å². The maximum absolute atomic E-state index is 11.8. The van der Waals surface area contributed by atoms with Crippen molar-refractivity contribution in [1.82, 2.24) is 5.32 Å². The van der Waals surface area contributed by atoms with Crippen molar-refractivity contribution in [2.24, 2.45) is 5.41 Å². The second-order valence-corrected chi connectivity index (χ2v) is 10.1. The largest absolute Gasteiger partial charge is 0.353 e. The van der Waals surface area contributed by atoms with Gasteiger partial charge in [0.05, 0.1) is 10.5 Å². The number of allylic oxidation sites excluding steroid dienone is 1. The van der Waals surface area contributed by atoms with E-state index in [0.29, 0.717) is 19.4 Å². The monoisotopic (exact) mass is 303 g/mol. The van der Waals surface area contributed by atoms with Crippen molar-refractivity contribution in [3.63, 3.8) is 0 Å². The minimum Gasteiger partial charge on any atom is -0.353 e. The second-order valence-electron chi connectivity index (χ2n) is 7.23. The van der Waals surface area contributed by atoms with Crippen molar-refractivity contribution < 1.29 is 13.2 Å². The van der Waals surface area contributed by atoms with E-state index in [4.69, 9.17) is 0 Å². The highest BCUT2D eigenvalue weighted by Gasteiger charge is 2.27. The minimum atomic E-state index is -3.06. The van der Waals surface area contributed by atoms with Gasteiger partial charge in [-0.1, -0.05) is 32.9 Å². The number of sulfone groups is 1. The maximum atomic E-state index is 11.8. The van der Waals surface area contributed by atoms with Gasteiger partial charge in [0.2, 0.25) is 5.91 Å². The summed E-state index contributed by atoms with van der Waals surface area (Å²) in [6.45, 7) is 11.6. The highest BCUT2D eigenvalue weighted by atomic mass is 32.2. The lowest BCUT2D eigenvalue weighted by Crippen LogP contribution is -2.30. The van der Waals surface area contributed by atoms with E-state index in [-0.39, 0.29) is 17.1 Å². The van der Waals surface area contributed by atoms with Crippen LogP contribution in [0, 0.1) is 5.41 Å². The van der Waals surface area contributed by atoms with E-state index < -0.39 is 14.6 Å². The fraction of sp³-hybridized carbons (Fsp3) is 0.800. The molecule has 0 heterocycles. The first-order chi connectivity index (χ1) is 8.85. The van der Waals surface area contributed by atoms with Crippen LogP contribution in [0.2, 0.25) is 0 Å². The summed E-state index contributed by atoms with van der Waals surface area (Å²) in [7, 11) is -3.06.